The number of ether oxygens (including phenoxy) is 1. The van der Waals surface area contributed by atoms with Gasteiger partial charge >= 0.3 is 0 Å². The summed E-state index contributed by atoms with van der Waals surface area (Å²) in [6, 6.07) is 6.15. The van der Waals surface area contributed by atoms with E-state index in [-0.39, 0.29) is 5.43 Å². The van der Waals surface area contributed by atoms with Gasteiger partial charge in [-0.3, -0.25) is 4.79 Å². The van der Waals surface area contributed by atoms with Gasteiger partial charge in [-0.05, 0) is 38.5 Å². The Bertz CT molecular complexity index is 851. The summed E-state index contributed by atoms with van der Waals surface area (Å²) in [6.07, 6.45) is 0. The fourth-order valence-electron chi connectivity index (χ4n) is 2.45. The second-order valence-corrected chi connectivity index (χ2v) is 6.03. The van der Waals surface area contributed by atoms with Gasteiger partial charge in [-0.15, -0.1) is 11.3 Å². The molecule has 1 aromatic carbocycles. The van der Waals surface area contributed by atoms with Crippen molar-refractivity contribution in [1.82, 2.24) is 4.98 Å². The number of rotatable bonds is 1. The summed E-state index contributed by atoms with van der Waals surface area (Å²) >= 11 is 1.60. The van der Waals surface area contributed by atoms with E-state index in [1.54, 1.807) is 25.4 Å². The van der Waals surface area contributed by atoms with Crippen LogP contribution in [0.3, 0.4) is 0 Å². The first-order valence-corrected chi connectivity index (χ1v) is 7.23. The van der Waals surface area contributed by atoms with Gasteiger partial charge in [0, 0.05) is 11.1 Å². The molecule has 3 rings (SSSR count). The van der Waals surface area contributed by atoms with E-state index in [0.717, 1.165) is 26.4 Å². The van der Waals surface area contributed by atoms with Crippen molar-refractivity contribution in [3.8, 4) is 16.3 Å². The van der Waals surface area contributed by atoms with Crippen molar-refractivity contribution in [3.05, 3.63) is 45.1 Å². The third kappa shape index (κ3) is 1.79. The lowest BCUT2D eigenvalue weighted by Gasteiger charge is -2.15. The molecule has 0 saturated carbocycles. The van der Waals surface area contributed by atoms with Crippen LogP contribution in [0.15, 0.2) is 23.0 Å². The molecule has 0 bridgehead atoms. The van der Waals surface area contributed by atoms with Crippen LogP contribution < -0.4 is 10.2 Å². The zero-order chi connectivity index (χ0) is 14.4. The molecule has 4 heteroatoms. The standard InChI is InChI=1S/C16H15NO2S/c1-8-5-6-11-12(7-8)20-16-10(3)14(18)9(2)15(19-4)13(16)17-11/h5-7H,1-4H3. The second-order valence-electron chi connectivity index (χ2n) is 4.98. The third-order valence-corrected chi connectivity index (χ3v) is 4.81. The van der Waals surface area contributed by atoms with Crippen LogP contribution in [0.25, 0.3) is 20.8 Å². The minimum Gasteiger partial charge on any atom is -0.494 e. The molecule has 0 atom stereocenters. The molecule has 1 aliphatic heterocycles. The monoisotopic (exact) mass is 285 g/mol. The van der Waals surface area contributed by atoms with Crippen molar-refractivity contribution >= 4 is 21.6 Å². The molecule has 3 nitrogen and oxygen atoms in total. The number of hydrogen-bond acceptors (Lipinski definition) is 4. The highest BCUT2D eigenvalue weighted by molar-refractivity contribution is 7.21. The molecule has 2 aliphatic rings. The highest BCUT2D eigenvalue weighted by Gasteiger charge is 2.21. The van der Waals surface area contributed by atoms with Gasteiger partial charge in [-0.25, -0.2) is 4.98 Å². The van der Waals surface area contributed by atoms with Crippen LogP contribution in [0.5, 0.6) is 5.75 Å². The average molecular weight is 285 g/mol. The first-order chi connectivity index (χ1) is 9.52. The van der Waals surface area contributed by atoms with Crippen LogP contribution >= 0.6 is 11.3 Å². The van der Waals surface area contributed by atoms with E-state index in [9.17, 15) is 4.79 Å². The van der Waals surface area contributed by atoms with Crippen molar-refractivity contribution in [1.29, 1.82) is 0 Å². The molecule has 20 heavy (non-hydrogen) atoms. The maximum absolute atomic E-state index is 12.3. The lowest BCUT2D eigenvalue weighted by Crippen LogP contribution is -2.13. The van der Waals surface area contributed by atoms with Gasteiger partial charge in [-0.1, -0.05) is 6.07 Å². The quantitative estimate of drug-likeness (QED) is 0.640. The van der Waals surface area contributed by atoms with Gasteiger partial charge in [0.15, 0.2) is 11.2 Å². The number of aryl methyl sites for hydroxylation is 1. The second kappa shape index (κ2) is 4.56. The van der Waals surface area contributed by atoms with Crippen molar-refractivity contribution in [3.63, 3.8) is 0 Å². The SMILES string of the molecule is COc1c2nc3ccc(C)cc3sc-2c(C)c(=O)c1C. The van der Waals surface area contributed by atoms with Crippen LogP contribution in [-0.2, 0) is 0 Å². The largest absolute Gasteiger partial charge is 0.494 e. The number of hydrogen-bond donors (Lipinski definition) is 0. The molecule has 0 radical (unpaired) electrons. The van der Waals surface area contributed by atoms with Crippen molar-refractivity contribution < 1.29 is 4.74 Å². The van der Waals surface area contributed by atoms with Crippen molar-refractivity contribution in [2.24, 2.45) is 0 Å². The van der Waals surface area contributed by atoms with E-state index in [4.69, 9.17) is 9.72 Å². The van der Waals surface area contributed by atoms with Gasteiger partial charge in [-0.2, -0.15) is 0 Å². The Labute approximate surface area is 121 Å². The van der Waals surface area contributed by atoms with E-state index in [1.807, 2.05) is 19.1 Å². The minimum absolute atomic E-state index is 0.0411. The van der Waals surface area contributed by atoms with Crippen LogP contribution in [0.2, 0.25) is 0 Å². The molecule has 0 fully saturated rings. The molecule has 0 unspecified atom stereocenters. The first-order valence-electron chi connectivity index (χ1n) is 6.41. The van der Waals surface area contributed by atoms with E-state index >= 15 is 0 Å². The maximum Gasteiger partial charge on any atom is 0.189 e. The normalized spacial score (nSPS) is 11.2. The molecule has 0 spiro atoms. The smallest absolute Gasteiger partial charge is 0.189 e. The molecular formula is C16H15NO2S. The minimum atomic E-state index is 0.0411. The van der Waals surface area contributed by atoms with Crippen molar-refractivity contribution in [2.75, 3.05) is 7.11 Å². The molecular weight excluding hydrogens is 270 g/mol. The number of methoxy groups -OCH3 is 1. The Balaban J connectivity index is 2.54. The summed E-state index contributed by atoms with van der Waals surface area (Å²) in [7, 11) is 1.59. The van der Waals surface area contributed by atoms with Crippen LogP contribution in [0, 0.1) is 20.8 Å². The summed E-state index contributed by atoms with van der Waals surface area (Å²) in [5.74, 6) is 0.592. The molecule has 0 saturated heterocycles. The Morgan fingerprint density at radius 3 is 2.60 bits per heavy atom. The van der Waals surface area contributed by atoms with Gasteiger partial charge in [0.2, 0.25) is 0 Å². The molecule has 1 heterocycles. The van der Waals surface area contributed by atoms with Gasteiger partial charge in [0.1, 0.15) is 5.69 Å². The summed E-state index contributed by atoms with van der Waals surface area (Å²) in [6.45, 7) is 5.70. The lowest BCUT2D eigenvalue weighted by molar-refractivity contribution is 0.411. The van der Waals surface area contributed by atoms with Crippen LogP contribution in [0.4, 0.5) is 0 Å². The predicted molar refractivity (Wildman–Crippen MR) is 83.3 cm³/mol. The summed E-state index contributed by atoms with van der Waals surface area (Å²) < 4.78 is 6.50. The Hall–Kier alpha value is -1.94. The molecule has 0 N–H and O–H groups in total. The highest BCUT2D eigenvalue weighted by Crippen LogP contribution is 2.39. The van der Waals surface area contributed by atoms with E-state index in [2.05, 4.69) is 13.0 Å². The number of fused-ring (bicyclic) bond motifs is 2. The maximum atomic E-state index is 12.3. The fraction of sp³-hybridized carbons (Fsp3) is 0.250. The van der Waals surface area contributed by atoms with E-state index in [0.29, 0.717) is 11.3 Å². The zero-order valence-electron chi connectivity index (χ0n) is 11.9. The Morgan fingerprint density at radius 2 is 1.90 bits per heavy atom. The number of nitrogens with zero attached hydrogens (tertiary/aromatic N) is 1. The van der Waals surface area contributed by atoms with E-state index in [1.165, 1.54) is 5.56 Å². The zero-order valence-corrected chi connectivity index (χ0v) is 12.7. The topological polar surface area (TPSA) is 39.2 Å². The van der Waals surface area contributed by atoms with Crippen LogP contribution in [-0.4, -0.2) is 12.1 Å². The summed E-state index contributed by atoms with van der Waals surface area (Å²) in [5, 5.41) is 0. The molecule has 1 aromatic rings. The lowest BCUT2D eigenvalue weighted by atomic mass is 10.1. The summed E-state index contributed by atoms with van der Waals surface area (Å²) in [5.41, 5.74) is 4.32. The third-order valence-electron chi connectivity index (χ3n) is 3.56. The molecule has 1 aliphatic carbocycles. The molecule has 0 aromatic heterocycles. The first kappa shape index (κ1) is 13.1. The average Bonchev–Trinajstić information content (AvgIpc) is 2.44. The van der Waals surface area contributed by atoms with Gasteiger partial charge < -0.3 is 4.74 Å². The van der Waals surface area contributed by atoms with Crippen molar-refractivity contribution in [2.45, 2.75) is 20.8 Å². The number of benzene rings is 2. The Morgan fingerprint density at radius 1 is 1.15 bits per heavy atom. The van der Waals surface area contributed by atoms with Crippen LogP contribution in [0.1, 0.15) is 16.7 Å². The van der Waals surface area contributed by atoms with Gasteiger partial charge in [0.05, 0.1) is 22.2 Å². The predicted octanol–water partition coefficient (Wildman–Crippen LogP) is 3.70. The number of aromatic nitrogens is 1. The highest BCUT2D eigenvalue weighted by atomic mass is 32.1. The Kier molecular flexibility index (Phi) is 2.98. The fourth-order valence-corrected chi connectivity index (χ4v) is 3.61. The molecule has 0 amide bonds. The van der Waals surface area contributed by atoms with E-state index < -0.39 is 0 Å². The molecule has 102 valence electrons. The van der Waals surface area contributed by atoms with Gasteiger partial charge in [0.25, 0.3) is 0 Å². The summed E-state index contributed by atoms with van der Waals surface area (Å²) in [4.78, 5) is 17.9.